The number of aliphatic hydroxyl groups is 1. The molecule has 41 heavy (non-hydrogen) atoms. The summed E-state index contributed by atoms with van der Waals surface area (Å²) in [7, 11) is 0. The predicted molar refractivity (Wildman–Crippen MR) is 179 cm³/mol. The van der Waals surface area contributed by atoms with Gasteiger partial charge in [-0.3, -0.25) is 0 Å². The number of halogens is 1. The first-order valence-electron chi connectivity index (χ1n) is 15.0. The van der Waals surface area contributed by atoms with E-state index in [-0.39, 0.29) is 33.0 Å². The fraction of sp³-hybridized carbons (Fsp3) is 0.486. The lowest BCUT2D eigenvalue weighted by atomic mass is 9.77. The van der Waals surface area contributed by atoms with E-state index in [0.717, 1.165) is 41.2 Å². The zero-order valence-electron chi connectivity index (χ0n) is 26.7. The van der Waals surface area contributed by atoms with Crippen LogP contribution in [0.5, 0.6) is 0 Å². The molecule has 1 N–H and O–H groups in total. The normalized spacial score (nSPS) is 22.4. The van der Waals surface area contributed by atoms with E-state index < -0.39 is 0 Å². The van der Waals surface area contributed by atoms with Crippen molar-refractivity contribution in [3.05, 3.63) is 100 Å². The van der Waals surface area contributed by atoms with Crippen LogP contribution in [-0.2, 0) is 0 Å². The Morgan fingerprint density at radius 2 is 1.68 bits per heavy atom. The number of imidazole rings is 1. The summed E-state index contributed by atoms with van der Waals surface area (Å²) in [6, 6.07) is 10.8. The van der Waals surface area contributed by atoms with Crippen LogP contribution in [0, 0.1) is 16.2 Å². The molecule has 0 bridgehead atoms. The Labute approximate surface area is 257 Å². The van der Waals surface area contributed by atoms with Gasteiger partial charge in [0.05, 0.1) is 27.8 Å². The molecule has 0 spiro atoms. The second-order valence-electron chi connectivity index (χ2n) is 14.9. The van der Waals surface area contributed by atoms with Gasteiger partial charge in [-0.05, 0) is 58.8 Å². The van der Waals surface area contributed by atoms with Crippen molar-refractivity contribution < 1.29 is 5.11 Å². The number of hydrogen-bond acceptors (Lipinski definition) is 2. The molecule has 0 radical (unpaired) electrons. The van der Waals surface area contributed by atoms with Gasteiger partial charge in [-0.25, -0.2) is 4.98 Å². The molecule has 1 heterocycles. The lowest BCUT2D eigenvalue weighted by molar-refractivity contribution is 0.391. The van der Waals surface area contributed by atoms with E-state index >= 15 is 0 Å². The Hall–Kier alpha value is -2.59. The fourth-order valence-electron chi connectivity index (χ4n) is 5.41. The number of aromatic nitrogens is 2. The van der Waals surface area contributed by atoms with Crippen molar-refractivity contribution in [2.45, 2.75) is 98.9 Å². The Morgan fingerprint density at radius 1 is 1.02 bits per heavy atom. The van der Waals surface area contributed by atoms with Gasteiger partial charge in [0.15, 0.2) is 0 Å². The topological polar surface area (TPSA) is 38.1 Å². The molecule has 0 fully saturated rings. The van der Waals surface area contributed by atoms with Crippen LogP contribution in [0.4, 0.5) is 0 Å². The maximum atomic E-state index is 11.9. The van der Waals surface area contributed by atoms with Crippen molar-refractivity contribution in [3.8, 4) is 0 Å². The molecule has 220 valence electrons. The number of hydrogen-bond donors (Lipinski definition) is 1. The van der Waals surface area contributed by atoms with Crippen LogP contribution >= 0.6 is 15.9 Å². The van der Waals surface area contributed by atoms with Crippen LogP contribution in [0.3, 0.4) is 0 Å². The van der Waals surface area contributed by atoms with Crippen LogP contribution in [0.2, 0.25) is 0 Å². The van der Waals surface area contributed by atoms with Crippen LogP contribution in [-0.4, -0.2) is 14.7 Å². The molecule has 0 saturated carbocycles. The molecular weight excluding hydrogens is 568 g/mol. The number of allylic oxidation sites excluding steroid dienone is 8. The molecule has 1 aromatic carbocycles. The molecule has 0 saturated heterocycles. The Bertz CT molecular complexity index is 1410. The molecule has 1 aromatic heterocycles. The molecule has 2 aliphatic carbocycles. The maximum Gasteiger partial charge on any atom is 0.144 e. The van der Waals surface area contributed by atoms with E-state index in [4.69, 9.17) is 4.98 Å². The number of benzene rings is 1. The summed E-state index contributed by atoms with van der Waals surface area (Å²) >= 11 is 3.92. The predicted octanol–water partition coefficient (Wildman–Crippen LogP) is 11.3. The summed E-state index contributed by atoms with van der Waals surface area (Å²) in [6.45, 7) is 22.1. The minimum atomic E-state index is -0.179. The summed E-state index contributed by atoms with van der Waals surface area (Å²) in [5.41, 5.74) is 6.47. The van der Waals surface area contributed by atoms with Gasteiger partial charge < -0.3 is 9.67 Å². The first kappa shape index (κ1) is 31.3. The van der Waals surface area contributed by atoms with E-state index in [1.807, 2.05) is 6.92 Å². The summed E-state index contributed by atoms with van der Waals surface area (Å²) < 4.78 is 2.39. The third-order valence-electron chi connectivity index (χ3n) is 8.34. The molecule has 3 atom stereocenters. The van der Waals surface area contributed by atoms with Gasteiger partial charge in [-0.2, -0.15) is 0 Å². The standard InChI is InChI=1S/C37H49BrN2O/c1-24(36(5,6)7)33(41)27(21-22-35(2,3)4)34-39-32-29(38)17-14-18-31(32)40(34)30-20-19-26(37(8,9)10)23-28(30)25-15-12-11-13-16-25/h11-16,18-21,23,28-30,41H,17,22H2,1-10H3/b27-21+,33-24-. The van der Waals surface area contributed by atoms with Gasteiger partial charge in [0.25, 0.3) is 0 Å². The highest BCUT2D eigenvalue weighted by Crippen LogP contribution is 2.46. The van der Waals surface area contributed by atoms with E-state index in [2.05, 4.69) is 150 Å². The smallest absolute Gasteiger partial charge is 0.144 e. The van der Waals surface area contributed by atoms with Crippen molar-refractivity contribution >= 4 is 27.6 Å². The van der Waals surface area contributed by atoms with E-state index in [1.54, 1.807) is 0 Å². The summed E-state index contributed by atoms with van der Waals surface area (Å²) in [5.74, 6) is 1.29. The fourth-order valence-corrected chi connectivity index (χ4v) is 5.96. The first-order valence-corrected chi connectivity index (χ1v) is 15.9. The van der Waals surface area contributed by atoms with E-state index in [1.165, 1.54) is 11.1 Å². The lowest BCUT2D eigenvalue weighted by Gasteiger charge is -2.34. The van der Waals surface area contributed by atoms with Gasteiger partial charge in [-0.15, -0.1) is 0 Å². The van der Waals surface area contributed by atoms with Crippen molar-refractivity contribution in [3.63, 3.8) is 0 Å². The van der Waals surface area contributed by atoms with Gasteiger partial charge in [-0.1, -0.05) is 139 Å². The number of rotatable bonds is 5. The number of nitrogens with zero attached hydrogens (tertiary/aromatic N) is 2. The maximum absolute atomic E-state index is 11.9. The summed E-state index contributed by atoms with van der Waals surface area (Å²) in [4.78, 5) is 5.47. The van der Waals surface area contributed by atoms with Gasteiger partial charge in [0.2, 0.25) is 0 Å². The average Bonchev–Trinajstić information content (AvgIpc) is 3.27. The molecule has 3 nitrogen and oxygen atoms in total. The molecule has 3 unspecified atom stereocenters. The number of fused-ring (bicyclic) bond motifs is 1. The van der Waals surface area contributed by atoms with Crippen molar-refractivity contribution in [1.82, 2.24) is 9.55 Å². The van der Waals surface area contributed by atoms with Crippen LogP contribution < -0.4 is 0 Å². The monoisotopic (exact) mass is 616 g/mol. The molecular formula is C37H49BrN2O. The highest BCUT2D eigenvalue weighted by atomic mass is 79.9. The number of alkyl halides is 1. The van der Waals surface area contributed by atoms with Gasteiger partial charge in [0, 0.05) is 5.92 Å². The molecule has 0 amide bonds. The van der Waals surface area contributed by atoms with E-state index in [9.17, 15) is 5.11 Å². The second kappa shape index (κ2) is 11.6. The SMILES string of the molecule is C/C(=C(O)\C(=C/CC(C)(C)C)c1nc2c(n1C1C=CC(C(C)(C)C)=CC1c1ccccc1)C=CCC2Br)C(C)(C)C. The van der Waals surface area contributed by atoms with Crippen LogP contribution in [0.1, 0.15) is 122 Å². The Morgan fingerprint density at radius 3 is 2.27 bits per heavy atom. The first-order chi connectivity index (χ1) is 19.0. The lowest BCUT2D eigenvalue weighted by Crippen LogP contribution is -2.23. The van der Waals surface area contributed by atoms with Crippen molar-refractivity contribution in [1.29, 1.82) is 0 Å². The molecule has 4 heteroatoms. The van der Waals surface area contributed by atoms with E-state index in [0.29, 0.717) is 5.76 Å². The third-order valence-corrected chi connectivity index (χ3v) is 9.14. The highest BCUT2D eigenvalue weighted by molar-refractivity contribution is 9.09. The largest absolute Gasteiger partial charge is 0.507 e. The zero-order chi connectivity index (χ0) is 30.3. The van der Waals surface area contributed by atoms with Gasteiger partial charge in [0.1, 0.15) is 11.6 Å². The quantitative estimate of drug-likeness (QED) is 0.206. The minimum absolute atomic E-state index is 0.00187. The highest BCUT2D eigenvalue weighted by Gasteiger charge is 2.35. The molecule has 0 aliphatic heterocycles. The minimum Gasteiger partial charge on any atom is -0.507 e. The van der Waals surface area contributed by atoms with Crippen LogP contribution in [0.25, 0.3) is 11.6 Å². The Kier molecular flexibility index (Phi) is 8.86. The number of aliphatic hydroxyl groups excluding tert-OH is 1. The van der Waals surface area contributed by atoms with Crippen molar-refractivity contribution in [2.75, 3.05) is 0 Å². The summed E-state index contributed by atoms with van der Waals surface area (Å²) in [5, 5.41) is 11.9. The average molecular weight is 618 g/mol. The molecule has 2 aliphatic rings. The molecule has 2 aromatic rings. The van der Waals surface area contributed by atoms with Gasteiger partial charge >= 0.3 is 0 Å². The summed E-state index contributed by atoms with van der Waals surface area (Å²) in [6.07, 6.45) is 15.5. The Balaban J connectivity index is 2.03. The zero-order valence-corrected chi connectivity index (χ0v) is 28.3. The third kappa shape index (κ3) is 6.91. The second-order valence-corrected chi connectivity index (χ2v) is 16.1. The van der Waals surface area contributed by atoms with Crippen molar-refractivity contribution in [2.24, 2.45) is 16.2 Å². The molecule has 4 rings (SSSR count). The van der Waals surface area contributed by atoms with Crippen LogP contribution in [0.15, 0.2) is 77.6 Å².